The summed E-state index contributed by atoms with van der Waals surface area (Å²) >= 11 is 5.80. The van der Waals surface area contributed by atoms with Gasteiger partial charge in [0.15, 0.2) is 0 Å². The molecule has 0 aliphatic carbocycles. The third-order valence-electron chi connectivity index (χ3n) is 3.87. The van der Waals surface area contributed by atoms with Gasteiger partial charge in [-0.3, -0.25) is 9.52 Å². The topological polar surface area (TPSA) is 97.4 Å². The SMILES string of the molecule is C=CCNC(=O)c1cccnc1Oc1ccc(NS(=O)(=O)c2ccc(Cl)cc2)cc1. The number of pyridine rings is 1. The number of anilines is 1. The molecule has 1 aromatic heterocycles. The summed E-state index contributed by atoms with van der Waals surface area (Å²) in [6.45, 7) is 3.87. The predicted octanol–water partition coefficient (Wildman–Crippen LogP) is 4.24. The molecule has 0 spiro atoms. The average molecular weight is 444 g/mol. The van der Waals surface area contributed by atoms with Crippen LogP contribution in [0.2, 0.25) is 5.02 Å². The zero-order valence-electron chi connectivity index (χ0n) is 15.7. The number of rotatable bonds is 8. The van der Waals surface area contributed by atoms with Crippen molar-refractivity contribution in [2.75, 3.05) is 11.3 Å². The summed E-state index contributed by atoms with van der Waals surface area (Å²) in [6.07, 6.45) is 3.08. The van der Waals surface area contributed by atoms with Gasteiger partial charge in [0, 0.05) is 23.5 Å². The number of hydrogen-bond acceptors (Lipinski definition) is 5. The molecule has 0 bridgehead atoms. The van der Waals surface area contributed by atoms with Crippen molar-refractivity contribution < 1.29 is 17.9 Å². The molecule has 0 atom stereocenters. The van der Waals surface area contributed by atoms with Crippen LogP contribution in [0.5, 0.6) is 11.6 Å². The minimum Gasteiger partial charge on any atom is -0.438 e. The largest absolute Gasteiger partial charge is 0.438 e. The molecule has 7 nitrogen and oxygen atoms in total. The monoisotopic (exact) mass is 443 g/mol. The summed E-state index contributed by atoms with van der Waals surface area (Å²) in [5.74, 6) is 0.180. The third kappa shape index (κ3) is 5.37. The molecule has 0 saturated heterocycles. The number of benzene rings is 2. The predicted molar refractivity (Wildman–Crippen MR) is 116 cm³/mol. The van der Waals surface area contributed by atoms with Gasteiger partial charge in [-0.05, 0) is 60.7 Å². The van der Waals surface area contributed by atoms with Gasteiger partial charge >= 0.3 is 0 Å². The number of aromatic nitrogens is 1. The maximum atomic E-state index is 12.4. The first-order chi connectivity index (χ1) is 14.4. The summed E-state index contributed by atoms with van der Waals surface area (Å²) in [5.41, 5.74) is 0.620. The summed E-state index contributed by atoms with van der Waals surface area (Å²) in [7, 11) is -3.75. The van der Waals surface area contributed by atoms with Crippen LogP contribution in [0.25, 0.3) is 0 Å². The van der Waals surface area contributed by atoms with E-state index >= 15 is 0 Å². The van der Waals surface area contributed by atoms with Crippen LogP contribution in [0.4, 0.5) is 5.69 Å². The quantitative estimate of drug-likeness (QED) is 0.507. The van der Waals surface area contributed by atoms with E-state index in [0.29, 0.717) is 23.0 Å². The molecule has 3 rings (SSSR count). The van der Waals surface area contributed by atoms with E-state index in [1.54, 1.807) is 42.5 Å². The lowest BCUT2D eigenvalue weighted by Crippen LogP contribution is -2.23. The molecule has 154 valence electrons. The van der Waals surface area contributed by atoms with Crippen molar-refractivity contribution in [3.05, 3.63) is 90.1 Å². The second-order valence-corrected chi connectivity index (χ2v) is 8.16. The van der Waals surface area contributed by atoms with Crippen LogP contribution in [-0.2, 0) is 10.0 Å². The number of carbonyl (C=O) groups excluding carboxylic acids is 1. The van der Waals surface area contributed by atoms with Gasteiger partial charge in [0.2, 0.25) is 5.88 Å². The first kappa shape index (κ1) is 21.4. The third-order valence-corrected chi connectivity index (χ3v) is 5.52. The normalized spacial score (nSPS) is 10.8. The molecule has 9 heteroatoms. The van der Waals surface area contributed by atoms with Crippen LogP contribution in [0.3, 0.4) is 0 Å². The summed E-state index contributed by atoms with van der Waals surface area (Å²) in [5, 5.41) is 3.11. The van der Waals surface area contributed by atoms with Crippen LogP contribution in [-0.4, -0.2) is 25.9 Å². The van der Waals surface area contributed by atoms with E-state index in [2.05, 4.69) is 21.6 Å². The molecule has 0 aliphatic rings. The number of ether oxygens (including phenoxy) is 1. The summed E-state index contributed by atoms with van der Waals surface area (Å²) < 4.78 is 33.1. The van der Waals surface area contributed by atoms with E-state index in [4.69, 9.17) is 16.3 Å². The van der Waals surface area contributed by atoms with E-state index in [0.717, 1.165) is 0 Å². The Bertz CT molecular complexity index is 1150. The minimum absolute atomic E-state index is 0.0934. The second kappa shape index (κ2) is 9.43. The highest BCUT2D eigenvalue weighted by molar-refractivity contribution is 7.92. The van der Waals surface area contributed by atoms with E-state index in [-0.39, 0.29) is 22.2 Å². The maximum absolute atomic E-state index is 12.4. The van der Waals surface area contributed by atoms with Gasteiger partial charge in [-0.25, -0.2) is 13.4 Å². The van der Waals surface area contributed by atoms with Crippen molar-refractivity contribution in [2.45, 2.75) is 4.90 Å². The Balaban J connectivity index is 1.73. The zero-order chi connectivity index (χ0) is 21.6. The van der Waals surface area contributed by atoms with Crippen molar-refractivity contribution in [3.8, 4) is 11.6 Å². The fourth-order valence-corrected chi connectivity index (χ4v) is 3.62. The van der Waals surface area contributed by atoms with Crippen LogP contribution < -0.4 is 14.8 Å². The van der Waals surface area contributed by atoms with Crippen LogP contribution in [0.1, 0.15) is 10.4 Å². The van der Waals surface area contributed by atoms with E-state index < -0.39 is 10.0 Å². The van der Waals surface area contributed by atoms with Crippen molar-refractivity contribution in [3.63, 3.8) is 0 Å². The van der Waals surface area contributed by atoms with Gasteiger partial charge in [-0.15, -0.1) is 6.58 Å². The fraction of sp³-hybridized carbons (Fsp3) is 0.0476. The lowest BCUT2D eigenvalue weighted by molar-refractivity contribution is 0.0955. The highest BCUT2D eigenvalue weighted by atomic mass is 35.5. The molecule has 2 aromatic carbocycles. The van der Waals surface area contributed by atoms with Crippen LogP contribution in [0.15, 0.2) is 84.4 Å². The van der Waals surface area contributed by atoms with Crippen molar-refractivity contribution >= 4 is 33.2 Å². The Morgan fingerprint density at radius 2 is 1.80 bits per heavy atom. The van der Waals surface area contributed by atoms with Gasteiger partial charge in [0.05, 0.1) is 4.90 Å². The fourth-order valence-electron chi connectivity index (χ4n) is 2.44. The Morgan fingerprint density at radius 3 is 2.47 bits per heavy atom. The standard InChI is InChI=1S/C21H18ClN3O4S/c1-2-13-23-20(26)19-4-3-14-24-21(19)29-17-9-7-16(8-10-17)25-30(27,28)18-11-5-15(22)6-12-18/h2-12,14,25H,1,13H2,(H,23,26). The number of sulfonamides is 1. The minimum atomic E-state index is -3.75. The van der Waals surface area contributed by atoms with Crippen LogP contribution in [0, 0.1) is 0 Å². The molecule has 0 unspecified atom stereocenters. The van der Waals surface area contributed by atoms with Gasteiger partial charge in [0.1, 0.15) is 11.3 Å². The Kier molecular flexibility index (Phi) is 6.71. The summed E-state index contributed by atoms with van der Waals surface area (Å²) in [6, 6.07) is 15.3. The van der Waals surface area contributed by atoms with Crippen molar-refractivity contribution in [1.82, 2.24) is 10.3 Å². The second-order valence-electron chi connectivity index (χ2n) is 6.04. The molecule has 1 amide bonds. The van der Waals surface area contributed by atoms with Crippen LogP contribution >= 0.6 is 11.6 Å². The lowest BCUT2D eigenvalue weighted by Gasteiger charge is -2.11. The van der Waals surface area contributed by atoms with Gasteiger partial charge in [0.25, 0.3) is 15.9 Å². The van der Waals surface area contributed by atoms with E-state index in [1.165, 1.54) is 30.5 Å². The molecular weight excluding hydrogens is 426 g/mol. The Hall–Kier alpha value is -3.36. The van der Waals surface area contributed by atoms with Gasteiger partial charge in [-0.2, -0.15) is 0 Å². The number of amides is 1. The highest BCUT2D eigenvalue weighted by Gasteiger charge is 2.15. The molecular formula is C21H18ClN3O4S. The number of hydrogen-bond donors (Lipinski definition) is 2. The number of carbonyl (C=O) groups is 1. The molecule has 0 saturated carbocycles. The smallest absolute Gasteiger partial charge is 0.261 e. The first-order valence-corrected chi connectivity index (χ1v) is 10.7. The molecule has 2 N–H and O–H groups in total. The maximum Gasteiger partial charge on any atom is 0.261 e. The first-order valence-electron chi connectivity index (χ1n) is 8.79. The van der Waals surface area contributed by atoms with E-state index in [9.17, 15) is 13.2 Å². The molecule has 3 aromatic rings. The lowest BCUT2D eigenvalue weighted by atomic mass is 10.2. The Labute approximate surface area is 179 Å². The molecule has 0 aliphatic heterocycles. The number of nitrogens with one attached hydrogen (secondary N) is 2. The van der Waals surface area contributed by atoms with Gasteiger partial charge in [-0.1, -0.05) is 17.7 Å². The van der Waals surface area contributed by atoms with Crippen molar-refractivity contribution in [1.29, 1.82) is 0 Å². The molecule has 0 radical (unpaired) electrons. The zero-order valence-corrected chi connectivity index (χ0v) is 17.3. The average Bonchev–Trinajstić information content (AvgIpc) is 2.74. The molecule has 0 fully saturated rings. The van der Waals surface area contributed by atoms with Gasteiger partial charge < -0.3 is 10.1 Å². The highest BCUT2D eigenvalue weighted by Crippen LogP contribution is 2.25. The van der Waals surface area contributed by atoms with Crippen molar-refractivity contribution in [2.24, 2.45) is 0 Å². The number of halogens is 1. The number of nitrogens with zero attached hydrogens (tertiary/aromatic N) is 1. The molecule has 1 heterocycles. The Morgan fingerprint density at radius 1 is 1.10 bits per heavy atom. The molecule has 30 heavy (non-hydrogen) atoms. The van der Waals surface area contributed by atoms with E-state index in [1.807, 2.05) is 0 Å². The summed E-state index contributed by atoms with van der Waals surface area (Å²) in [4.78, 5) is 16.4.